The highest BCUT2D eigenvalue weighted by atomic mass is 32.2. The van der Waals surface area contributed by atoms with Crippen molar-refractivity contribution in [3.63, 3.8) is 0 Å². The molecule has 2 aromatic heterocycles. The molecule has 0 fully saturated rings. The van der Waals surface area contributed by atoms with Gasteiger partial charge in [-0.25, -0.2) is 0 Å². The lowest BCUT2D eigenvalue weighted by Crippen LogP contribution is -2.26. The lowest BCUT2D eigenvalue weighted by molar-refractivity contribution is -0.128. The third kappa shape index (κ3) is 4.61. The van der Waals surface area contributed by atoms with Gasteiger partial charge in [0.2, 0.25) is 11.0 Å². The second kappa shape index (κ2) is 8.17. The topological polar surface area (TPSA) is 71.3 Å². The Bertz CT molecular complexity index is 803. The Kier molecular flexibility index (Phi) is 5.72. The van der Waals surface area contributed by atoms with Crippen LogP contribution < -0.4 is 5.32 Å². The maximum atomic E-state index is 12.6. The monoisotopic (exact) mass is 374 g/mol. The Morgan fingerprint density at radius 2 is 2.04 bits per heavy atom. The zero-order valence-electron chi connectivity index (χ0n) is 13.9. The van der Waals surface area contributed by atoms with Crippen molar-refractivity contribution in [2.24, 2.45) is 0 Å². The standard InChI is InChI=1S/C17H18N4O2S2/c1-21(2)15(22)14(12-7-4-3-5-8-12)24-17-20-19-16(25-17)18-11-13-9-6-10-23-13/h3-10,14H,11H2,1-2H3,(H,18,19). The predicted molar refractivity (Wildman–Crippen MR) is 99.7 cm³/mol. The fourth-order valence-electron chi connectivity index (χ4n) is 2.13. The number of thioether (sulfide) groups is 1. The molecule has 1 N–H and O–H groups in total. The van der Waals surface area contributed by atoms with E-state index in [0.29, 0.717) is 11.7 Å². The lowest BCUT2D eigenvalue weighted by Gasteiger charge is -2.19. The third-order valence-electron chi connectivity index (χ3n) is 3.39. The second-order valence-corrected chi connectivity index (χ2v) is 7.78. The van der Waals surface area contributed by atoms with Crippen molar-refractivity contribution in [1.29, 1.82) is 0 Å². The molecule has 3 aromatic rings. The summed E-state index contributed by atoms with van der Waals surface area (Å²) in [5.41, 5.74) is 0.950. The Morgan fingerprint density at radius 1 is 1.24 bits per heavy atom. The van der Waals surface area contributed by atoms with Crippen LogP contribution in [0.2, 0.25) is 0 Å². The molecule has 25 heavy (non-hydrogen) atoms. The highest BCUT2D eigenvalue weighted by Crippen LogP contribution is 2.38. The second-order valence-electron chi connectivity index (χ2n) is 5.45. The number of anilines is 1. The zero-order chi connectivity index (χ0) is 17.6. The van der Waals surface area contributed by atoms with Crippen molar-refractivity contribution in [2.45, 2.75) is 16.1 Å². The number of carbonyl (C=O) groups excluding carboxylic acids is 1. The van der Waals surface area contributed by atoms with E-state index in [9.17, 15) is 4.79 Å². The van der Waals surface area contributed by atoms with E-state index >= 15 is 0 Å². The molecule has 1 aromatic carbocycles. The van der Waals surface area contributed by atoms with Gasteiger partial charge in [-0.3, -0.25) is 4.79 Å². The molecule has 1 atom stereocenters. The summed E-state index contributed by atoms with van der Waals surface area (Å²) in [7, 11) is 3.52. The van der Waals surface area contributed by atoms with Crippen molar-refractivity contribution < 1.29 is 9.21 Å². The van der Waals surface area contributed by atoms with Crippen molar-refractivity contribution in [1.82, 2.24) is 15.1 Å². The van der Waals surface area contributed by atoms with Gasteiger partial charge in [0.05, 0.1) is 12.8 Å². The molecule has 8 heteroatoms. The van der Waals surface area contributed by atoms with Gasteiger partial charge in [-0.05, 0) is 17.7 Å². The summed E-state index contributed by atoms with van der Waals surface area (Å²) in [5.74, 6) is 0.853. The van der Waals surface area contributed by atoms with Crippen molar-refractivity contribution in [3.8, 4) is 0 Å². The zero-order valence-corrected chi connectivity index (χ0v) is 15.5. The first-order valence-electron chi connectivity index (χ1n) is 7.66. The van der Waals surface area contributed by atoms with Gasteiger partial charge in [0, 0.05) is 14.1 Å². The molecular weight excluding hydrogens is 356 g/mol. The maximum Gasteiger partial charge on any atom is 0.240 e. The number of hydrogen-bond acceptors (Lipinski definition) is 7. The van der Waals surface area contributed by atoms with Crippen LogP contribution in [0.3, 0.4) is 0 Å². The van der Waals surface area contributed by atoms with Crippen LogP contribution in [0.25, 0.3) is 0 Å². The maximum absolute atomic E-state index is 12.6. The quantitative estimate of drug-likeness (QED) is 0.636. The number of nitrogens with zero attached hydrogens (tertiary/aromatic N) is 3. The van der Waals surface area contributed by atoms with E-state index in [0.717, 1.165) is 15.7 Å². The van der Waals surface area contributed by atoms with E-state index < -0.39 is 0 Å². The van der Waals surface area contributed by atoms with Gasteiger partial charge in [0.25, 0.3) is 0 Å². The normalized spacial score (nSPS) is 11.9. The summed E-state index contributed by atoms with van der Waals surface area (Å²) < 4.78 is 6.02. The van der Waals surface area contributed by atoms with Crippen LogP contribution in [-0.2, 0) is 11.3 Å². The molecule has 3 rings (SSSR count). The molecule has 130 valence electrons. The van der Waals surface area contributed by atoms with Gasteiger partial charge >= 0.3 is 0 Å². The number of rotatable bonds is 7. The smallest absolute Gasteiger partial charge is 0.240 e. The molecule has 0 aliphatic carbocycles. The Morgan fingerprint density at radius 3 is 2.72 bits per heavy atom. The molecule has 0 bridgehead atoms. The van der Waals surface area contributed by atoms with Crippen LogP contribution in [0, 0.1) is 0 Å². The summed E-state index contributed by atoms with van der Waals surface area (Å²) in [6.07, 6.45) is 1.63. The number of furan rings is 1. The minimum atomic E-state index is -0.345. The van der Waals surface area contributed by atoms with Gasteiger partial charge in [-0.1, -0.05) is 53.4 Å². The number of benzene rings is 1. The largest absolute Gasteiger partial charge is 0.467 e. The number of aromatic nitrogens is 2. The van der Waals surface area contributed by atoms with Crippen LogP contribution in [0.15, 0.2) is 57.5 Å². The van der Waals surface area contributed by atoms with Crippen molar-refractivity contribution >= 4 is 34.1 Å². The van der Waals surface area contributed by atoms with E-state index in [4.69, 9.17) is 4.42 Å². The minimum Gasteiger partial charge on any atom is -0.467 e. The fraction of sp³-hybridized carbons (Fsp3) is 0.235. The number of nitrogens with one attached hydrogen (secondary N) is 1. The molecular formula is C17H18N4O2S2. The number of hydrogen-bond donors (Lipinski definition) is 1. The number of likely N-dealkylation sites (N-methyl/N-ethyl adjacent to an activating group) is 1. The molecule has 0 saturated carbocycles. The molecule has 0 aliphatic heterocycles. The molecule has 2 heterocycles. The molecule has 6 nitrogen and oxygen atoms in total. The highest BCUT2D eigenvalue weighted by molar-refractivity contribution is 8.01. The molecule has 1 unspecified atom stereocenters. The first-order valence-corrected chi connectivity index (χ1v) is 9.35. The van der Waals surface area contributed by atoms with Crippen LogP contribution in [-0.4, -0.2) is 35.1 Å². The molecule has 0 aliphatic rings. The van der Waals surface area contributed by atoms with Gasteiger partial charge in [0.1, 0.15) is 11.0 Å². The SMILES string of the molecule is CN(C)C(=O)C(Sc1nnc(NCc2ccco2)s1)c1ccccc1. The van der Waals surface area contributed by atoms with Gasteiger partial charge in [0.15, 0.2) is 4.34 Å². The summed E-state index contributed by atoms with van der Waals surface area (Å²) >= 11 is 2.84. The van der Waals surface area contributed by atoms with E-state index in [2.05, 4.69) is 15.5 Å². The average Bonchev–Trinajstić information content (AvgIpc) is 3.29. The van der Waals surface area contributed by atoms with Crippen LogP contribution >= 0.6 is 23.1 Å². The van der Waals surface area contributed by atoms with Crippen molar-refractivity contribution in [2.75, 3.05) is 19.4 Å². The minimum absolute atomic E-state index is 0.0245. The van der Waals surface area contributed by atoms with Crippen LogP contribution in [0.1, 0.15) is 16.6 Å². The Labute approximate surface area is 154 Å². The lowest BCUT2D eigenvalue weighted by atomic mass is 10.1. The fourth-order valence-corrected chi connectivity index (χ4v) is 4.21. The first-order chi connectivity index (χ1) is 12.1. The van der Waals surface area contributed by atoms with E-state index in [1.54, 1.807) is 25.3 Å². The molecule has 0 radical (unpaired) electrons. The summed E-state index contributed by atoms with van der Waals surface area (Å²) in [5, 5.41) is 11.9. The Hall–Kier alpha value is -2.32. The molecule has 0 saturated heterocycles. The molecule has 0 spiro atoms. The Balaban J connectivity index is 1.70. The number of amides is 1. The summed E-state index contributed by atoms with van der Waals surface area (Å²) in [6, 6.07) is 13.4. The summed E-state index contributed by atoms with van der Waals surface area (Å²) in [6.45, 7) is 0.547. The average molecular weight is 374 g/mol. The predicted octanol–water partition coefficient (Wildman–Crippen LogP) is 3.66. The highest BCUT2D eigenvalue weighted by Gasteiger charge is 2.25. The first kappa shape index (κ1) is 17.5. The molecule has 1 amide bonds. The van der Waals surface area contributed by atoms with Gasteiger partial charge < -0.3 is 14.6 Å². The number of carbonyl (C=O) groups is 1. The van der Waals surface area contributed by atoms with Gasteiger partial charge in [-0.15, -0.1) is 10.2 Å². The van der Waals surface area contributed by atoms with E-state index in [1.807, 2.05) is 42.5 Å². The van der Waals surface area contributed by atoms with Crippen molar-refractivity contribution in [3.05, 3.63) is 60.1 Å². The van der Waals surface area contributed by atoms with E-state index in [1.165, 1.54) is 23.1 Å². The van der Waals surface area contributed by atoms with Crippen LogP contribution in [0.4, 0.5) is 5.13 Å². The van der Waals surface area contributed by atoms with Crippen LogP contribution in [0.5, 0.6) is 0 Å². The summed E-state index contributed by atoms with van der Waals surface area (Å²) in [4.78, 5) is 14.2. The van der Waals surface area contributed by atoms with E-state index in [-0.39, 0.29) is 11.2 Å². The van der Waals surface area contributed by atoms with Gasteiger partial charge in [-0.2, -0.15) is 0 Å². The third-order valence-corrected chi connectivity index (χ3v) is 5.59.